The van der Waals surface area contributed by atoms with E-state index in [1.54, 1.807) is 24.1 Å². The third-order valence-corrected chi connectivity index (χ3v) is 5.64. The zero-order valence-electron chi connectivity index (χ0n) is 18.7. The number of anilines is 1. The normalized spacial score (nSPS) is 15.9. The number of ether oxygens (including phenoxy) is 1. The van der Waals surface area contributed by atoms with Gasteiger partial charge >= 0.3 is 6.03 Å². The quantitative estimate of drug-likeness (QED) is 0.665. The molecule has 168 valence electrons. The molecular weight excluding hydrogens is 395 g/mol. The third kappa shape index (κ3) is 6.85. The molecule has 7 heteroatoms. The van der Waals surface area contributed by atoms with E-state index in [1.807, 2.05) is 37.2 Å². The number of halogens is 1. The first-order chi connectivity index (χ1) is 14.9. The van der Waals surface area contributed by atoms with E-state index < -0.39 is 0 Å². The number of likely N-dealkylation sites (N-methyl/N-ethyl adjacent to an activating group) is 1. The largest absolute Gasteiger partial charge is 0.497 e. The molecule has 6 nitrogen and oxygen atoms in total. The van der Waals surface area contributed by atoms with E-state index in [9.17, 15) is 9.18 Å². The molecule has 1 N–H and O–H groups in total. The Morgan fingerprint density at radius 2 is 1.97 bits per heavy atom. The number of hydrogen-bond donors (Lipinski definition) is 1. The van der Waals surface area contributed by atoms with Crippen LogP contribution >= 0.6 is 0 Å². The van der Waals surface area contributed by atoms with Gasteiger partial charge in [-0.15, -0.1) is 0 Å². The van der Waals surface area contributed by atoms with Crippen molar-refractivity contribution < 1.29 is 13.9 Å². The minimum atomic E-state index is -0.269. The van der Waals surface area contributed by atoms with Crippen LogP contribution < -0.4 is 15.0 Å². The molecule has 0 aromatic heterocycles. The Bertz CT molecular complexity index is 844. The minimum absolute atomic E-state index is 0.0778. The molecule has 31 heavy (non-hydrogen) atoms. The number of rotatable bonds is 9. The lowest BCUT2D eigenvalue weighted by molar-refractivity contribution is 0.187. The number of methoxy groups -OCH3 is 1. The summed E-state index contributed by atoms with van der Waals surface area (Å²) in [5.74, 6) is 0.984. The number of carbonyl (C=O) groups is 1. The van der Waals surface area contributed by atoms with Gasteiger partial charge in [0, 0.05) is 51.0 Å². The maximum atomic E-state index is 13.2. The van der Waals surface area contributed by atoms with Gasteiger partial charge in [0.2, 0.25) is 0 Å². The van der Waals surface area contributed by atoms with Crippen molar-refractivity contribution in [2.75, 3.05) is 58.8 Å². The Labute approximate surface area is 184 Å². The molecule has 1 aliphatic rings. The number of nitrogens with one attached hydrogen (secondary N) is 1. The summed E-state index contributed by atoms with van der Waals surface area (Å²) in [6, 6.07) is 14.3. The topological polar surface area (TPSA) is 48.1 Å². The third-order valence-electron chi connectivity index (χ3n) is 5.64. The molecular formula is C24H33FN4O2. The van der Waals surface area contributed by atoms with E-state index in [4.69, 9.17) is 4.74 Å². The van der Waals surface area contributed by atoms with E-state index >= 15 is 0 Å². The number of hydrogen-bond acceptors (Lipinski definition) is 4. The van der Waals surface area contributed by atoms with Crippen LogP contribution in [0.2, 0.25) is 0 Å². The SMILES string of the molecule is COc1cccc(N2CCC(CNC(=O)N(CCN(C)C)Cc3ccc(F)cc3)C2)c1. The molecule has 0 saturated carbocycles. The van der Waals surface area contributed by atoms with Crippen molar-refractivity contribution in [2.45, 2.75) is 13.0 Å². The maximum absolute atomic E-state index is 13.2. The fourth-order valence-corrected chi connectivity index (χ4v) is 3.77. The van der Waals surface area contributed by atoms with Gasteiger partial charge in [-0.25, -0.2) is 9.18 Å². The zero-order chi connectivity index (χ0) is 22.2. The summed E-state index contributed by atoms with van der Waals surface area (Å²) in [7, 11) is 5.65. The smallest absolute Gasteiger partial charge is 0.317 e. The molecule has 2 aromatic rings. The van der Waals surface area contributed by atoms with Crippen LogP contribution in [0, 0.1) is 11.7 Å². The van der Waals surface area contributed by atoms with Crippen LogP contribution in [-0.4, -0.2) is 69.8 Å². The number of amides is 2. The van der Waals surface area contributed by atoms with Gasteiger partial charge in [0.15, 0.2) is 0 Å². The lowest BCUT2D eigenvalue weighted by atomic mass is 10.1. The number of benzene rings is 2. The van der Waals surface area contributed by atoms with E-state index in [-0.39, 0.29) is 11.8 Å². The highest BCUT2D eigenvalue weighted by Crippen LogP contribution is 2.26. The van der Waals surface area contributed by atoms with Gasteiger partial charge in [0.25, 0.3) is 0 Å². The highest BCUT2D eigenvalue weighted by molar-refractivity contribution is 5.74. The van der Waals surface area contributed by atoms with Crippen LogP contribution in [0.25, 0.3) is 0 Å². The van der Waals surface area contributed by atoms with Gasteiger partial charge in [-0.3, -0.25) is 0 Å². The van der Waals surface area contributed by atoms with Crippen LogP contribution in [0.15, 0.2) is 48.5 Å². The van der Waals surface area contributed by atoms with Crippen molar-refractivity contribution in [1.82, 2.24) is 15.1 Å². The molecule has 1 atom stereocenters. The second-order valence-corrected chi connectivity index (χ2v) is 8.34. The Kier molecular flexibility index (Phi) is 8.12. The summed E-state index contributed by atoms with van der Waals surface area (Å²) in [6.07, 6.45) is 1.03. The van der Waals surface area contributed by atoms with Crippen molar-refractivity contribution in [3.05, 3.63) is 59.9 Å². The van der Waals surface area contributed by atoms with Gasteiger partial charge in [-0.1, -0.05) is 18.2 Å². The predicted molar refractivity (Wildman–Crippen MR) is 122 cm³/mol. The van der Waals surface area contributed by atoms with E-state index in [0.29, 0.717) is 25.6 Å². The first-order valence-corrected chi connectivity index (χ1v) is 10.8. The number of carbonyl (C=O) groups excluding carboxylic acids is 1. The average Bonchev–Trinajstić information content (AvgIpc) is 3.25. The molecule has 1 unspecified atom stereocenters. The van der Waals surface area contributed by atoms with Gasteiger partial charge < -0.3 is 24.8 Å². The average molecular weight is 429 g/mol. The highest BCUT2D eigenvalue weighted by atomic mass is 19.1. The Balaban J connectivity index is 1.54. The van der Waals surface area contributed by atoms with Gasteiger partial charge in [-0.05, 0) is 56.3 Å². The second-order valence-electron chi connectivity index (χ2n) is 8.34. The van der Waals surface area contributed by atoms with Crippen LogP contribution in [-0.2, 0) is 6.54 Å². The van der Waals surface area contributed by atoms with E-state index in [2.05, 4.69) is 16.3 Å². The van der Waals surface area contributed by atoms with Gasteiger partial charge in [-0.2, -0.15) is 0 Å². The van der Waals surface area contributed by atoms with Crippen molar-refractivity contribution in [2.24, 2.45) is 5.92 Å². The summed E-state index contributed by atoms with van der Waals surface area (Å²) in [5.41, 5.74) is 2.07. The van der Waals surface area contributed by atoms with Crippen LogP contribution in [0.5, 0.6) is 5.75 Å². The fourth-order valence-electron chi connectivity index (χ4n) is 3.77. The van der Waals surface area contributed by atoms with Crippen molar-refractivity contribution >= 4 is 11.7 Å². The van der Waals surface area contributed by atoms with Crippen LogP contribution in [0.3, 0.4) is 0 Å². The second kappa shape index (κ2) is 11.0. The summed E-state index contributed by atoms with van der Waals surface area (Å²) >= 11 is 0. The van der Waals surface area contributed by atoms with Crippen LogP contribution in [0.1, 0.15) is 12.0 Å². The molecule has 0 bridgehead atoms. The Hall–Kier alpha value is -2.80. The number of nitrogens with zero attached hydrogens (tertiary/aromatic N) is 3. The van der Waals surface area contributed by atoms with Gasteiger partial charge in [0.05, 0.1) is 7.11 Å². The van der Waals surface area contributed by atoms with Crippen LogP contribution in [0.4, 0.5) is 14.9 Å². The van der Waals surface area contributed by atoms with Crippen molar-refractivity contribution in [1.29, 1.82) is 0 Å². The summed E-state index contributed by atoms with van der Waals surface area (Å²) in [6.45, 7) is 4.34. The molecule has 0 radical (unpaired) electrons. The summed E-state index contributed by atoms with van der Waals surface area (Å²) in [4.78, 5) is 19.1. The Morgan fingerprint density at radius 3 is 2.68 bits per heavy atom. The first kappa shape index (κ1) is 22.9. The number of urea groups is 1. The lowest BCUT2D eigenvalue weighted by Gasteiger charge is -2.26. The minimum Gasteiger partial charge on any atom is -0.497 e. The predicted octanol–water partition coefficient (Wildman–Crippen LogP) is 3.43. The Morgan fingerprint density at radius 1 is 1.19 bits per heavy atom. The molecule has 1 heterocycles. The van der Waals surface area contributed by atoms with Gasteiger partial charge in [0.1, 0.15) is 11.6 Å². The standard InChI is InChI=1S/C24H33FN4O2/c1-27(2)13-14-29(17-19-7-9-21(25)10-8-19)24(30)26-16-20-11-12-28(18-20)22-5-4-6-23(15-22)31-3/h4-10,15,20H,11-14,16-18H2,1-3H3,(H,26,30). The van der Waals surface area contributed by atoms with E-state index in [1.165, 1.54) is 12.1 Å². The lowest BCUT2D eigenvalue weighted by Crippen LogP contribution is -2.44. The molecule has 3 rings (SSSR count). The molecule has 1 fully saturated rings. The molecule has 1 aliphatic heterocycles. The molecule has 1 saturated heterocycles. The summed E-state index contributed by atoms with van der Waals surface area (Å²) in [5, 5.41) is 3.12. The van der Waals surface area contributed by atoms with Crippen molar-refractivity contribution in [3.63, 3.8) is 0 Å². The monoisotopic (exact) mass is 428 g/mol. The molecule has 0 spiro atoms. The molecule has 2 amide bonds. The van der Waals surface area contributed by atoms with E-state index in [0.717, 1.165) is 43.1 Å². The summed E-state index contributed by atoms with van der Waals surface area (Å²) < 4.78 is 18.5. The molecule has 0 aliphatic carbocycles. The van der Waals surface area contributed by atoms with Crippen molar-refractivity contribution in [3.8, 4) is 5.75 Å². The maximum Gasteiger partial charge on any atom is 0.317 e. The zero-order valence-corrected chi connectivity index (χ0v) is 18.7. The molecule has 2 aromatic carbocycles. The first-order valence-electron chi connectivity index (χ1n) is 10.8. The highest BCUT2D eigenvalue weighted by Gasteiger charge is 2.24. The fraction of sp³-hybridized carbons (Fsp3) is 0.458.